The number of likely N-dealkylation sites (N-methyl/N-ethyl adjacent to an activating group) is 1. The summed E-state index contributed by atoms with van der Waals surface area (Å²) in [6.45, 7) is 9.82. The number of rotatable bonds is 5. The van der Waals surface area contributed by atoms with Gasteiger partial charge in [0.15, 0.2) is 11.2 Å². The smallest absolute Gasteiger partial charge is 0.287 e. The van der Waals surface area contributed by atoms with E-state index in [1.54, 1.807) is 6.07 Å². The highest BCUT2D eigenvalue weighted by Gasteiger charge is 2.27. The van der Waals surface area contributed by atoms with Crippen LogP contribution < -0.4 is 10.7 Å². The molecule has 0 radical (unpaired) electrons. The van der Waals surface area contributed by atoms with Crippen molar-refractivity contribution >= 4 is 29.3 Å². The summed E-state index contributed by atoms with van der Waals surface area (Å²) in [5.41, 5.74) is 2.13. The molecule has 1 atom stereocenters. The van der Waals surface area contributed by atoms with Gasteiger partial charge >= 0.3 is 0 Å². The minimum Gasteiger partial charge on any atom is -0.465 e. The van der Waals surface area contributed by atoms with E-state index in [1.807, 2.05) is 39.0 Å². The van der Waals surface area contributed by atoms with Crippen LogP contribution in [0.5, 0.6) is 0 Å². The Balaban J connectivity index is 0.00000289. The molecule has 1 aliphatic rings. The molecule has 1 aromatic carbocycles. The third kappa shape index (κ3) is 4.90. The molecule has 1 saturated heterocycles. The zero-order valence-corrected chi connectivity index (χ0v) is 19.8. The normalized spacial score (nSPS) is 16.0. The van der Waals surface area contributed by atoms with Crippen molar-refractivity contribution in [3.05, 3.63) is 69.0 Å². The number of hydrogen-bond acceptors (Lipinski definition) is 6. The number of nitrogens with zero attached hydrogens (tertiary/aromatic N) is 2. The van der Waals surface area contributed by atoms with Gasteiger partial charge in [0.1, 0.15) is 17.1 Å². The summed E-state index contributed by atoms with van der Waals surface area (Å²) >= 11 is 0. The van der Waals surface area contributed by atoms with Crippen LogP contribution in [0, 0.1) is 20.8 Å². The van der Waals surface area contributed by atoms with Crippen molar-refractivity contribution in [3.63, 3.8) is 0 Å². The van der Waals surface area contributed by atoms with E-state index in [0.717, 1.165) is 48.8 Å². The van der Waals surface area contributed by atoms with Gasteiger partial charge in [0.2, 0.25) is 0 Å². The first-order chi connectivity index (χ1) is 14.8. The van der Waals surface area contributed by atoms with E-state index in [4.69, 9.17) is 8.83 Å². The van der Waals surface area contributed by atoms with Crippen LogP contribution in [0.4, 0.5) is 0 Å². The lowest BCUT2D eigenvalue weighted by Gasteiger charge is -2.37. The molecule has 172 valence electrons. The van der Waals surface area contributed by atoms with Gasteiger partial charge < -0.3 is 19.1 Å². The van der Waals surface area contributed by atoms with Crippen LogP contribution in [0.1, 0.15) is 39.2 Å². The van der Waals surface area contributed by atoms with E-state index in [9.17, 15) is 9.59 Å². The average molecular weight is 460 g/mol. The first-order valence-electron chi connectivity index (χ1n) is 10.6. The Kier molecular flexibility index (Phi) is 7.44. The van der Waals surface area contributed by atoms with Gasteiger partial charge in [0, 0.05) is 38.8 Å². The topological polar surface area (TPSA) is 78.9 Å². The standard InChI is InChI=1S/C24H29N3O4.ClH/c1-15-5-7-18-20(28)13-22(31-23(18)17(15)3)24(29)25-14-19(21-8-6-16(2)30-21)27-11-9-26(4)10-12-27;/h5-8,13,19H,9-12,14H2,1-4H3,(H,25,29);1H. The molecule has 1 N–H and O–H groups in total. The lowest BCUT2D eigenvalue weighted by Crippen LogP contribution is -2.48. The molecule has 32 heavy (non-hydrogen) atoms. The second-order valence-electron chi connectivity index (χ2n) is 8.37. The maximum absolute atomic E-state index is 12.9. The molecule has 0 aliphatic carbocycles. The van der Waals surface area contributed by atoms with Crippen LogP contribution in [0.3, 0.4) is 0 Å². The Hall–Kier alpha value is -2.61. The Bertz CT molecular complexity index is 1160. The Morgan fingerprint density at radius 2 is 1.78 bits per heavy atom. The highest BCUT2D eigenvalue weighted by atomic mass is 35.5. The van der Waals surface area contributed by atoms with Gasteiger partial charge in [0.25, 0.3) is 5.91 Å². The van der Waals surface area contributed by atoms with Crippen LogP contribution in [0.2, 0.25) is 0 Å². The summed E-state index contributed by atoms with van der Waals surface area (Å²) in [4.78, 5) is 30.1. The van der Waals surface area contributed by atoms with Gasteiger partial charge in [-0.05, 0) is 57.1 Å². The highest BCUT2D eigenvalue weighted by Crippen LogP contribution is 2.24. The SMILES string of the molecule is Cc1ccc(C(CNC(=O)c2cc(=O)c3ccc(C)c(C)c3o2)N2CCN(C)CC2)o1.Cl. The van der Waals surface area contributed by atoms with Gasteiger partial charge in [-0.1, -0.05) is 6.07 Å². The van der Waals surface area contributed by atoms with Crippen molar-refractivity contribution < 1.29 is 13.6 Å². The first kappa shape index (κ1) is 24.0. The minimum atomic E-state index is -0.401. The van der Waals surface area contributed by atoms with Gasteiger partial charge in [-0.2, -0.15) is 0 Å². The van der Waals surface area contributed by atoms with Crippen molar-refractivity contribution in [2.75, 3.05) is 39.8 Å². The van der Waals surface area contributed by atoms with Crippen LogP contribution in [-0.2, 0) is 0 Å². The first-order valence-corrected chi connectivity index (χ1v) is 10.6. The number of hydrogen-bond donors (Lipinski definition) is 1. The molecular weight excluding hydrogens is 430 g/mol. The zero-order chi connectivity index (χ0) is 22.1. The summed E-state index contributed by atoms with van der Waals surface area (Å²) in [5, 5.41) is 3.44. The number of carbonyl (C=O) groups is 1. The number of carbonyl (C=O) groups excluding carboxylic acids is 1. The number of furan rings is 1. The van der Waals surface area contributed by atoms with Crippen LogP contribution in [-0.4, -0.2) is 55.5 Å². The Morgan fingerprint density at radius 1 is 1.06 bits per heavy atom. The minimum absolute atomic E-state index is 0. The van der Waals surface area contributed by atoms with Crippen molar-refractivity contribution in [1.82, 2.24) is 15.1 Å². The van der Waals surface area contributed by atoms with Gasteiger partial charge in [-0.3, -0.25) is 14.5 Å². The molecule has 7 nitrogen and oxygen atoms in total. The van der Waals surface area contributed by atoms with E-state index >= 15 is 0 Å². The van der Waals surface area contributed by atoms with Crippen molar-refractivity contribution in [2.45, 2.75) is 26.8 Å². The summed E-state index contributed by atoms with van der Waals surface area (Å²) in [6.07, 6.45) is 0. The molecule has 1 aliphatic heterocycles. The van der Waals surface area contributed by atoms with Gasteiger partial charge in [-0.15, -0.1) is 12.4 Å². The molecule has 8 heteroatoms. The predicted molar refractivity (Wildman–Crippen MR) is 127 cm³/mol. The number of nitrogens with one attached hydrogen (secondary N) is 1. The highest BCUT2D eigenvalue weighted by molar-refractivity contribution is 5.93. The summed E-state index contributed by atoms with van der Waals surface area (Å²) in [7, 11) is 2.11. The maximum Gasteiger partial charge on any atom is 0.287 e. The average Bonchev–Trinajstić information content (AvgIpc) is 3.18. The van der Waals surface area contributed by atoms with E-state index < -0.39 is 5.91 Å². The van der Waals surface area contributed by atoms with E-state index in [0.29, 0.717) is 17.5 Å². The second-order valence-corrected chi connectivity index (χ2v) is 8.37. The lowest BCUT2D eigenvalue weighted by atomic mass is 10.1. The van der Waals surface area contributed by atoms with Crippen molar-refractivity contribution in [2.24, 2.45) is 0 Å². The molecule has 3 heterocycles. The molecule has 4 rings (SSSR count). The fraction of sp³-hybridized carbons (Fsp3) is 0.417. The Labute approximate surface area is 193 Å². The predicted octanol–water partition coefficient (Wildman–Crippen LogP) is 3.45. The summed E-state index contributed by atoms with van der Waals surface area (Å²) in [6, 6.07) is 8.73. The molecule has 2 aromatic heterocycles. The Morgan fingerprint density at radius 3 is 2.44 bits per heavy atom. The van der Waals surface area contributed by atoms with Crippen LogP contribution in [0.25, 0.3) is 11.0 Å². The number of fused-ring (bicyclic) bond motifs is 1. The third-order valence-electron chi connectivity index (χ3n) is 6.16. The molecule has 1 fully saturated rings. The van der Waals surface area contributed by atoms with Crippen molar-refractivity contribution in [3.8, 4) is 0 Å². The monoisotopic (exact) mass is 459 g/mol. The van der Waals surface area contributed by atoms with Gasteiger partial charge in [-0.25, -0.2) is 0 Å². The fourth-order valence-corrected chi connectivity index (χ4v) is 4.02. The molecule has 0 saturated carbocycles. The number of halogens is 1. The molecule has 0 spiro atoms. The zero-order valence-electron chi connectivity index (χ0n) is 18.9. The molecular formula is C24H30ClN3O4. The molecule has 1 amide bonds. The number of benzene rings is 1. The number of aryl methyl sites for hydroxylation is 3. The van der Waals surface area contributed by atoms with E-state index in [1.165, 1.54) is 6.07 Å². The second kappa shape index (κ2) is 9.90. The molecule has 0 bridgehead atoms. The lowest BCUT2D eigenvalue weighted by molar-refractivity contribution is 0.0830. The largest absolute Gasteiger partial charge is 0.465 e. The van der Waals surface area contributed by atoms with E-state index in [-0.39, 0.29) is 29.6 Å². The number of amides is 1. The fourth-order valence-electron chi connectivity index (χ4n) is 4.02. The number of piperazine rings is 1. The summed E-state index contributed by atoms with van der Waals surface area (Å²) < 4.78 is 11.8. The van der Waals surface area contributed by atoms with Crippen LogP contribution >= 0.6 is 12.4 Å². The quantitative estimate of drug-likeness (QED) is 0.629. The van der Waals surface area contributed by atoms with Crippen LogP contribution in [0.15, 0.2) is 44.0 Å². The third-order valence-corrected chi connectivity index (χ3v) is 6.16. The molecule has 3 aromatic rings. The summed E-state index contributed by atoms with van der Waals surface area (Å²) in [5.74, 6) is 1.29. The van der Waals surface area contributed by atoms with E-state index in [2.05, 4.69) is 22.2 Å². The van der Waals surface area contributed by atoms with Gasteiger partial charge in [0.05, 0.1) is 11.4 Å². The van der Waals surface area contributed by atoms with Crippen molar-refractivity contribution in [1.29, 1.82) is 0 Å². The molecule has 1 unspecified atom stereocenters. The maximum atomic E-state index is 12.9.